The lowest BCUT2D eigenvalue weighted by atomic mass is 9.63. The summed E-state index contributed by atoms with van der Waals surface area (Å²) in [6.07, 6.45) is 5.11. The fourth-order valence-corrected chi connectivity index (χ4v) is 7.10. The lowest BCUT2D eigenvalue weighted by Crippen LogP contribution is -2.34. The molecule has 0 saturated heterocycles. The Morgan fingerprint density at radius 1 is 0.576 bits per heavy atom. The summed E-state index contributed by atoms with van der Waals surface area (Å²) < 4.78 is 2.48. The van der Waals surface area contributed by atoms with E-state index < -0.39 is 0 Å². The summed E-state index contributed by atoms with van der Waals surface area (Å²) in [4.78, 5) is 0. The quantitative estimate of drug-likeness (QED) is 0.272. The molecule has 0 amide bonds. The Morgan fingerprint density at radius 2 is 0.909 bits per heavy atom. The molecule has 0 aliphatic heterocycles. The molecule has 0 radical (unpaired) electrons. The monoisotopic (exact) mass is 638 g/mol. The summed E-state index contributed by atoms with van der Waals surface area (Å²) in [6, 6.07) is 9.44. The van der Waals surface area contributed by atoms with Gasteiger partial charge in [-0.25, -0.2) is 0 Å². The smallest absolute Gasteiger partial charge is 0.0294 e. The number of hydrogen-bond acceptors (Lipinski definition) is 0. The lowest BCUT2D eigenvalue weighted by Gasteiger charge is -2.42. The maximum atomic E-state index is 3.69. The number of fused-ring (bicyclic) bond motifs is 2. The van der Waals surface area contributed by atoms with Crippen molar-refractivity contribution in [3.63, 3.8) is 0 Å². The molecule has 0 nitrogen and oxygen atoms in total. The van der Waals surface area contributed by atoms with Crippen LogP contribution < -0.4 is 0 Å². The van der Waals surface area contributed by atoms with E-state index in [-0.39, 0.29) is 0 Å². The van der Waals surface area contributed by atoms with Gasteiger partial charge in [-0.05, 0) is 99.8 Å². The van der Waals surface area contributed by atoms with E-state index in [4.69, 9.17) is 0 Å². The Hall–Kier alpha value is -0.120. The molecule has 0 saturated carbocycles. The Balaban J connectivity index is 0.000000186. The molecule has 2 aromatic carbocycles. The molecule has 2 aromatic rings. The third-order valence-electron chi connectivity index (χ3n) is 8.30. The van der Waals surface area contributed by atoms with Crippen LogP contribution in [0.25, 0.3) is 0 Å². The Labute approximate surface area is 228 Å². The molecule has 0 spiro atoms. The van der Waals surface area contributed by atoms with Crippen LogP contribution >= 0.6 is 47.8 Å². The zero-order valence-electron chi connectivity index (χ0n) is 22.0. The number of halogens is 3. The zero-order chi connectivity index (χ0) is 25.0. The number of rotatable bonds is 1. The van der Waals surface area contributed by atoms with Gasteiger partial charge in [0.2, 0.25) is 0 Å². The van der Waals surface area contributed by atoms with Gasteiger partial charge >= 0.3 is 0 Å². The fourth-order valence-electron chi connectivity index (χ4n) is 5.43. The first-order valence-corrected chi connectivity index (χ1v) is 14.9. The molecule has 3 heteroatoms. The van der Waals surface area contributed by atoms with Crippen molar-refractivity contribution in [3.8, 4) is 0 Å². The van der Waals surface area contributed by atoms with Crippen LogP contribution in [0, 0.1) is 6.92 Å². The van der Waals surface area contributed by atoms with Crippen molar-refractivity contribution in [3.05, 3.63) is 66.6 Å². The van der Waals surface area contributed by atoms with Crippen molar-refractivity contribution in [2.75, 3.05) is 0 Å². The van der Waals surface area contributed by atoms with Gasteiger partial charge in [0.05, 0.1) is 0 Å². The SMILES string of the molecule is CC1(C)CCC(C)(C)c2cc(CBr)c(Br)cc21.Cc1cc2c(cc1Br)C(C)(C)CCC2(C)C. The molecule has 2 aliphatic rings. The second kappa shape index (κ2) is 9.40. The largest absolute Gasteiger partial charge is 0.0876 e. The fraction of sp³-hybridized carbons (Fsp3) is 0.600. The van der Waals surface area contributed by atoms with Crippen molar-refractivity contribution in [2.45, 2.75) is 115 Å². The summed E-state index contributed by atoms with van der Waals surface area (Å²) in [5.74, 6) is 0. The van der Waals surface area contributed by atoms with Crippen LogP contribution in [0.3, 0.4) is 0 Å². The number of alkyl halides is 1. The normalized spacial score (nSPS) is 21.3. The standard InChI is InChI=1S/C15H20Br2.C15H21Br/c1-14(2)5-6-15(3,4)12-8-13(17)10(9-16)7-11(12)14;1-10-8-11-12(9-13(10)16)15(4,5)7-6-14(11,2)3/h7-8H,5-6,9H2,1-4H3;8-9H,6-7H2,1-5H3. The van der Waals surface area contributed by atoms with Gasteiger partial charge in [-0.1, -0.05) is 115 Å². The third kappa shape index (κ3) is 5.51. The van der Waals surface area contributed by atoms with E-state index in [1.54, 1.807) is 5.56 Å². The summed E-state index contributed by atoms with van der Waals surface area (Å²) in [5, 5.41) is 0.914. The number of aryl methyl sites for hydroxylation is 1. The van der Waals surface area contributed by atoms with Gasteiger partial charge in [-0.2, -0.15) is 0 Å². The lowest BCUT2D eigenvalue weighted by molar-refractivity contribution is 0.331. The average Bonchev–Trinajstić information content (AvgIpc) is 2.71. The maximum absolute atomic E-state index is 3.69. The van der Waals surface area contributed by atoms with Crippen LogP contribution in [0.2, 0.25) is 0 Å². The van der Waals surface area contributed by atoms with E-state index in [1.807, 2.05) is 0 Å². The van der Waals surface area contributed by atoms with E-state index >= 15 is 0 Å². The summed E-state index contributed by atoms with van der Waals surface area (Å²) in [7, 11) is 0. The van der Waals surface area contributed by atoms with Gasteiger partial charge in [-0.3, -0.25) is 0 Å². The molecule has 0 fully saturated rings. The van der Waals surface area contributed by atoms with E-state index in [1.165, 1.54) is 62.4 Å². The molecule has 4 rings (SSSR count). The van der Waals surface area contributed by atoms with E-state index in [2.05, 4.69) is 134 Å². The van der Waals surface area contributed by atoms with E-state index in [0.29, 0.717) is 21.7 Å². The molecule has 2 aliphatic carbocycles. The predicted octanol–water partition coefficient (Wildman–Crippen LogP) is 10.8. The van der Waals surface area contributed by atoms with E-state index in [9.17, 15) is 0 Å². The van der Waals surface area contributed by atoms with Crippen LogP contribution in [0.15, 0.2) is 33.2 Å². The minimum atomic E-state index is 0.304. The molecule has 0 atom stereocenters. The van der Waals surface area contributed by atoms with Crippen LogP contribution in [0.1, 0.15) is 114 Å². The van der Waals surface area contributed by atoms with Crippen molar-refractivity contribution >= 4 is 47.8 Å². The van der Waals surface area contributed by atoms with Gasteiger partial charge in [-0.15, -0.1) is 0 Å². The second-order valence-corrected chi connectivity index (χ2v) is 15.1. The first-order valence-electron chi connectivity index (χ1n) is 12.2. The third-order valence-corrected chi connectivity index (χ3v) is 10.5. The van der Waals surface area contributed by atoms with Gasteiger partial charge in [0.15, 0.2) is 0 Å². The topological polar surface area (TPSA) is 0 Å². The van der Waals surface area contributed by atoms with Crippen LogP contribution in [-0.2, 0) is 27.0 Å². The van der Waals surface area contributed by atoms with Gasteiger partial charge in [0, 0.05) is 14.3 Å². The van der Waals surface area contributed by atoms with Crippen molar-refractivity contribution in [2.24, 2.45) is 0 Å². The highest BCUT2D eigenvalue weighted by Gasteiger charge is 2.38. The number of hydrogen-bond donors (Lipinski definition) is 0. The molecular formula is C30H41Br3. The molecule has 182 valence electrons. The van der Waals surface area contributed by atoms with Crippen molar-refractivity contribution < 1.29 is 0 Å². The zero-order valence-corrected chi connectivity index (χ0v) is 26.7. The van der Waals surface area contributed by atoms with Crippen LogP contribution in [0.4, 0.5) is 0 Å². The van der Waals surface area contributed by atoms with Crippen molar-refractivity contribution in [1.29, 1.82) is 0 Å². The van der Waals surface area contributed by atoms with Gasteiger partial charge < -0.3 is 0 Å². The summed E-state index contributed by atoms with van der Waals surface area (Å²) in [6.45, 7) is 21.1. The second-order valence-electron chi connectivity index (χ2n) is 12.8. The maximum Gasteiger partial charge on any atom is 0.0294 e. The number of benzene rings is 2. The van der Waals surface area contributed by atoms with Crippen molar-refractivity contribution in [1.82, 2.24) is 0 Å². The first kappa shape index (κ1) is 27.5. The average molecular weight is 641 g/mol. The Morgan fingerprint density at radius 3 is 1.30 bits per heavy atom. The predicted molar refractivity (Wildman–Crippen MR) is 156 cm³/mol. The first-order chi connectivity index (χ1) is 15.0. The Kier molecular flexibility index (Phi) is 7.82. The molecule has 0 bridgehead atoms. The minimum absolute atomic E-state index is 0.304. The highest BCUT2D eigenvalue weighted by atomic mass is 79.9. The van der Waals surface area contributed by atoms with Gasteiger partial charge in [0.25, 0.3) is 0 Å². The summed E-state index contributed by atoms with van der Waals surface area (Å²) >= 11 is 10.9. The van der Waals surface area contributed by atoms with Crippen LogP contribution in [0.5, 0.6) is 0 Å². The highest BCUT2D eigenvalue weighted by molar-refractivity contribution is 9.11. The molecular weight excluding hydrogens is 600 g/mol. The molecule has 0 unspecified atom stereocenters. The molecule has 0 N–H and O–H groups in total. The van der Waals surface area contributed by atoms with E-state index in [0.717, 1.165) is 5.33 Å². The summed E-state index contributed by atoms with van der Waals surface area (Å²) in [5.41, 5.74) is 10.1. The molecule has 33 heavy (non-hydrogen) atoms. The minimum Gasteiger partial charge on any atom is -0.0876 e. The Bertz CT molecular complexity index is 1000. The van der Waals surface area contributed by atoms with Gasteiger partial charge in [0.1, 0.15) is 0 Å². The molecule has 0 heterocycles. The van der Waals surface area contributed by atoms with Crippen LogP contribution in [-0.4, -0.2) is 0 Å². The molecule has 0 aromatic heterocycles. The highest BCUT2D eigenvalue weighted by Crippen LogP contribution is 2.48.